The highest BCUT2D eigenvalue weighted by molar-refractivity contribution is 6.04. The molecule has 0 radical (unpaired) electrons. The van der Waals surface area contributed by atoms with Gasteiger partial charge in [-0.3, -0.25) is 19.0 Å². The topological polar surface area (TPSA) is 142 Å². The highest BCUT2D eigenvalue weighted by Gasteiger charge is 2.31. The van der Waals surface area contributed by atoms with Crippen molar-refractivity contribution < 1.29 is 24.5 Å². The summed E-state index contributed by atoms with van der Waals surface area (Å²) in [5.41, 5.74) is 2.22. The molecule has 5 rings (SSSR count). The van der Waals surface area contributed by atoms with E-state index in [1.165, 1.54) is 4.57 Å². The van der Waals surface area contributed by atoms with Crippen LogP contribution in [0.3, 0.4) is 0 Å². The number of pyridine rings is 1. The predicted molar refractivity (Wildman–Crippen MR) is 130 cm³/mol. The summed E-state index contributed by atoms with van der Waals surface area (Å²) < 4.78 is 7.33. The minimum absolute atomic E-state index is 0.114. The summed E-state index contributed by atoms with van der Waals surface area (Å²) >= 11 is 0. The van der Waals surface area contributed by atoms with Gasteiger partial charge in [0.05, 0.1) is 23.2 Å². The Bertz CT molecular complexity index is 1620. The van der Waals surface area contributed by atoms with Gasteiger partial charge in [0.25, 0.3) is 11.5 Å². The number of ether oxygens (including phenoxy) is 1. The summed E-state index contributed by atoms with van der Waals surface area (Å²) in [4.78, 5) is 37.2. The molecule has 0 bridgehead atoms. The van der Waals surface area contributed by atoms with Gasteiger partial charge < -0.3 is 20.3 Å². The maximum Gasteiger partial charge on any atom is 0.322 e. The van der Waals surface area contributed by atoms with E-state index in [9.17, 15) is 19.5 Å². The number of hydrogen-bond donors (Lipinski definition) is 3. The Balaban J connectivity index is 1.61. The number of hydrogen-bond acceptors (Lipinski definition) is 6. The minimum Gasteiger partial charge on any atom is -0.506 e. The first-order valence-electron chi connectivity index (χ1n) is 11.0. The molecule has 178 valence electrons. The minimum atomic E-state index is -1.28. The average molecular weight is 481 g/mol. The summed E-state index contributed by atoms with van der Waals surface area (Å²) in [7, 11) is 0. The van der Waals surface area contributed by atoms with E-state index in [2.05, 4.69) is 11.4 Å². The van der Waals surface area contributed by atoms with Crippen LogP contribution in [0.15, 0.2) is 71.5 Å². The lowest BCUT2D eigenvalue weighted by Gasteiger charge is -2.29. The molecule has 0 saturated carbocycles. The molecule has 2 heterocycles. The molecule has 0 aliphatic carbocycles. The molecule has 0 saturated heterocycles. The van der Waals surface area contributed by atoms with Gasteiger partial charge in [-0.15, -0.1) is 0 Å². The van der Waals surface area contributed by atoms with Crippen molar-refractivity contribution in [2.24, 2.45) is 0 Å². The maximum absolute atomic E-state index is 13.6. The van der Waals surface area contributed by atoms with Crippen LogP contribution in [-0.2, 0) is 4.79 Å². The van der Waals surface area contributed by atoms with Gasteiger partial charge in [-0.2, -0.15) is 5.26 Å². The zero-order chi connectivity index (χ0) is 25.4. The van der Waals surface area contributed by atoms with Crippen LogP contribution in [0.4, 0.5) is 0 Å². The fourth-order valence-electron chi connectivity index (χ4n) is 4.41. The molecule has 0 spiro atoms. The Labute approximate surface area is 204 Å². The van der Waals surface area contributed by atoms with Crippen molar-refractivity contribution in [3.8, 4) is 28.7 Å². The molecular weight excluding hydrogens is 462 g/mol. The second-order valence-corrected chi connectivity index (χ2v) is 8.27. The van der Waals surface area contributed by atoms with Gasteiger partial charge in [-0.1, -0.05) is 42.5 Å². The van der Waals surface area contributed by atoms with Gasteiger partial charge >= 0.3 is 5.97 Å². The van der Waals surface area contributed by atoms with Crippen molar-refractivity contribution >= 4 is 22.8 Å². The summed E-state index contributed by atoms with van der Waals surface area (Å²) in [6.45, 7) is -0.581. The van der Waals surface area contributed by atoms with Crippen molar-refractivity contribution in [3.63, 3.8) is 0 Å². The van der Waals surface area contributed by atoms with Crippen molar-refractivity contribution in [2.75, 3.05) is 13.2 Å². The second kappa shape index (κ2) is 8.92. The molecule has 1 aromatic heterocycles. The number of carboxylic acid groups (broad SMARTS) is 1. The first-order chi connectivity index (χ1) is 17.4. The normalized spacial score (nSPS) is 14.0. The van der Waals surface area contributed by atoms with Gasteiger partial charge in [-0.25, -0.2) is 0 Å². The molecular formula is C27H19N3O6. The Morgan fingerprint density at radius 1 is 1.06 bits per heavy atom. The molecule has 9 heteroatoms. The lowest BCUT2D eigenvalue weighted by Crippen LogP contribution is -2.39. The molecule has 9 nitrogen and oxygen atoms in total. The van der Waals surface area contributed by atoms with Crippen molar-refractivity contribution in [1.29, 1.82) is 5.26 Å². The lowest BCUT2D eigenvalue weighted by atomic mass is 9.98. The van der Waals surface area contributed by atoms with Gasteiger partial charge in [0.15, 0.2) is 0 Å². The quantitative estimate of drug-likeness (QED) is 0.398. The third-order valence-electron chi connectivity index (χ3n) is 6.14. The van der Waals surface area contributed by atoms with Gasteiger partial charge in [-0.05, 0) is 41.0 Å². The van der Waals surface area contributed by atoms with E-state index in [1.807, 2.05) is 36.4 Å². The number of nitrogens with zero attached hydrogens (tertiary/aromatic N) is 2. The molecule has 3 aromatic carbocycles. The largest absolute Gasteiger partial charge is 0.506 e. The fraction of sp³-hybridized carbons (Fsp3) is 0.111. The molecule has 4 aromatic rings. The Morgan fingerprint density at radius 3 is 2.36 bits per heavy atom. The van der Waals surface area contributed by atoms with Crippen LogP contribution in [-0.4, -0.2) is 39.8 Å². The van der Waals surface area contributed by atoms with Crippen LogP contribution in [0.2, 0.25) is 0 Å². The number of benzene rings is 3. The Morgan fingerprint density at radius 2 is 1.72 bits per heavy atom. The van der Waals surface area contributed by atoms with Crippen LogP contribution < -0.4 is 15.6 Å². The predicted octanol–water partition coefficient (Wildman–Crippen LogP) is 3.04. The Kier molecular flexibility index (Phi) is 5.62. The summed E-state index contributed by atoms with van der Waals surface area (Å²) in [6, 6.07) is 21.0. The van der Waals surface area contributed by atoms with E-state index in [1.54, 1.807) is 30.3 Å². The number of nitriles is 1. The van der Waals surface area contributed by atoms with E-state index in [0.717, 1.165) is 16.7 Å². The standard InChI is InChI=1S/C27H19N3O6/c28-12-15-4-6-16(7-5-15)17-8-10-18(11-9-17)20-14-36-21-3-1-2-19-24(21)30(20)27(35)23(25(19)33)26(34)29-13-22(31)32/h1-11,20,33H,13-14H2,(H,29,34)(H,31,32). The molecule has 1 atom stereocenters. The zero-order valence-electron chi connectivity index (χ0n) is 18.8. The van der Waals surface area contributed by atoms with Crippen molar-refractivity contribution in [1.82, 2.24) is 9.88 Å². The summed E-state index contributed by atoms with van der Waals surface area (Å²) in [6.07, 6.45) is 0. The number of aliphatic carboxylic acids is 1. The van der Waals surface area contributed by atoms with Crippen LogP contribution in [0.25, 0.3) is 22.0 Å². The van der Waals surface area contributed by atoms with Crippen molar-refractivity contribution in [3.05, 3.63) is 93.8 Å². The third kappa shape index (κ3) is 3.80. The number of rotatable bonds is 5. The van der Waals surface area contributed by atoms with Crippen LogP contribution in [0.1, 0.15) is 27.5 Å². The first kappa shape index (κ1) is 22.7. The third-order valence-corrected chi connectivity index (χ3v) is 6.14. The highest BCUT2D eigenvalue weighted by Crippen LogP contribution is 2.38. The van der Waals surface area contributed by atoms with E-state index in [-0.39, 0.29) is 12.0 Å². The first-order valence-corrected chi connectivity index (χ1v) is 11.0. The number of nitrogens with one attached hydrogen (secondary N) is 1. The molecule has 1 unspecified atom stereocenters. The smallest absolute Gasteiger partial charge is 0.322 e. The zero-order valence-corrected chi connectivity index (χ0v) is 18.8. The fourth-order valence-corrected chi connectivity index (χ4v) is 4.41. The van der Waals surface area contributed by atoms with E-state index < -0.39 is 41.3 Å². The van der Waals surface area contributed by atoms with Crippen LogP contribution in [0, 0.1) is 11.3 Å². The summed E-state index contributed by atoms with van der Waals surface area (Å²) in [5, 5.41) is 31.1. The molecule has 0 fully saturated rings. The van der Waals surface area contributed by atoms with E-state index in [0.29, 0.717) is 16.8 Å². The second-order valence-electron chi connectivity index (χ2n) is 8.27. The summed E-state index contributed by atoms with van der Waals surface area (Å²) in [5.74, 6) is -2.39. The molecule has 36 heavy (non-hydrogen) atoms. The van der Waals surface area contributed by atoms with E-state index >= 15 is 0 Å². The average Bonchev–Trinajstić information content (AvgIpc) is 2.90. The van der Waals surface area contributed by atoms with Gasteiger partial charge in [0.2, 0.25) is 0 Å². The molecule has 1 aliphatic rings. The van der Waals surface area contributed by atoms with Crippen molar-refractivity contribution in [2.45, 2.75) is 6.04 Å². The lowest BCUT2D eigenvalue weighted by molar-refractivity contribution is -0.135. The van der Waals surface area contributed by atoms with E-state index in [4.69, 9.17) is 15.1 Å². The number of carbonyl (C=O) groups excluding carboxylic acids is 1. The number of aromatic hydroxyl groups is 1. The van der Waals surface area contributed by atoms with Gasteiger partial charge in [0.1, 0.15) is 30.2 Å². The number of carbonyl (C=O) groups is 2. The van der Waals surface area contributed by atoms with Gasteiger partial charge in [0, 0.05) is 5.39 Å². The SMILES string of the molecule is N#Cc1ccc(-c2ccc(C3COc4cccc5c(O)c(C(=O)NCC(=O)O)c(=O)n3c45)cc2)cc1. The molecule has 3 N–H and O–H groups in total. The van der Waals surface area contributed by atoms with Crippen LogP contribution in [0.5, 0.6) is 11.5 Å². The molecule has 1 aliphatic heterocycles. The number of amides is 1. The van der Waals surface area contributed by atoms with Crippen LogP contribution >= 0.6 is 0 Å². The number of aromatic nitrogens is 1. The number of para-hydroxylation sites is 1. The monoisotopic (exact) mass is 481 g/mol. The highest BCUT2D eigenvalue weighted by atomic mass is 16.5. The molecule has 1 amide bonds. The Hall–Kier alpha value is -5.10. The number of carboxylic acids is 1. The maximum atomic E-state index is 13.6.